The molecule has 3 rings (SSSR count). The Labute approximate surface area is 189 Å². The van der Waals surface area contributed by atoms with E-state index in [2.05, 4.69) is 48.3 Å². The van der Waals surface area contributed by atoms with Crippen molar-refractivity contribution in [3.63, 3.8) is 0 Å². The monoisotopic (exact) mass is 461 g/mol. The van der Waals surface area contributed by atoms with E-state index in [4.69, 9.17) is 0 Å². The molecule has 0 saturated heterocycles. The molecule has 0 unspecified atom stereocenters. The number of carbonyl (C=O) groups is 1. The van der Waals surface area contributed by atoms with Gasteiger partial charge in [0.05, 0.1) is 5.75 Å². The number of nitrogens with zero attached hydrogens (tertiary/aromatic N) is 3. The third-order valence-corrected chi connectivity index (χ3v) is 7.70. The Hall–Kier alpha value is -1.90. The molecule has 30 heavy (non-hydrogen) atoms. The molecule has 0 radical (unpaired) electrons. The second-order valence-corrected chi connectivity index (χ2v) is 10.6. The predicted octanol–water partition coefficient (Wildman–Crippen LogP) is 5.84. The first-order chi connectivity index (χ1) is 14.4. The van der Waals surface area contributed by atoms with Gasteiger partial charge >= 0.3 is 0 Å². The van der Waals surface area contributed by atoms with Gasteiger partial charge < -0.3 is 4.90 Å². The summed E-state index contributed by atoms with van der Waals surface area (Å²) in [7, 11) is 1.72. The zero-order chi connectivity index (χ0) is 21.5. The summed E-state index contributed by atoms with van der Waals surface area (Å²) in [5, 5.41) is 8.40. The van der Waals surface area contributed by atoms with Crippen molar-refractivity contribution < 1.29 is 9.18 Å². The molecule has 3 aromatic rings. The minimum absolute atomic E-state index is 0.0288. The molecule has 0 aliphatic carbocycles. The first-order valence-corrected chi connectivity index (χ1v) is 12.4. The highest BCUT2D eigenvalue weighted by molar-refractivity contribution is 8.03. The molecule has 8 heteroatoms. The average molecular weight is 462 g/mol. The topological polar surface area (TPSA) is 46.1 Å². The van der Waals surface area contributed by atoms with Crippen LogP contribution in [0.3, 0.4) is 0 Å². The second kappa shape index (κ2) is 10.9. The van der Waals surface area contributed by atoms with E-state index in [0.717, 1.165) is 20.0 Å². The Balaban J connectivity index is 1.45. The summed E-state index contributed by atoms with van der Waals surface area (Å²) >= 11 is 4.54. The minimum Gasteiger partial charge on any atom is -0.341 e. The highest BCUT2D eigenvalue weighted by Crippen LogP contribution is 2.31. The summed E-state index contributed by atoms with van der Waals surface area (Å²) in [6.45, 7) is 4.76. The number of benzene rings is 2. The SMILES string of the molecule is CC(C)c1ccc(CSc2nnc(SCC(=O)N(C)Cc3cccc(F)c3)s2)cc1. The van der Waals surface area contributed by atoms with Crippen LogP contribution in [0.25, 0.3) is 0 Å². The van der Waals surface area contributed by atoms with Crippen LogP contribution in [-0.4, -0.2) is 33.8 Å². The molecule has 0 saturated carbocycles. The summed E-state index contributed by atoms with van der Waals surface area (Å²) in [6.07, 6.45) is 0. The van der Waals surface area contributed by atoms with Crippen molar-refractivity contribution in [2.45, 2.75) is 40.7 Å². The lowest BCUT2D eigenvalue weighted by molar-refractivity contribution is -0.127. The fourth-order valence-electron chi connectivity index (χ4n) is 2.69. The molecule has 0 bridgehead atoms. The van der Waals surface area contributed by atoms with Crippen molar-refractivity contribution >= 4 is 40.8 Å². The molecule has 0 fully saturated rings. The van der Waals surface area contributed by atoms with Crippen LogP contribution in [0.15, 0.2) is 57.2 Å². The Morgan fingerprint density at radius 2 is 1.77 bits per heavy atom. The van der Waals surface area contributed by atoms with Crippen molar-refractivity contribution in [2.75, 3.05) is 12.8 Å². The predicted molar refractivity (Wildman–Crippen MR) is 124 cm³/mol. The van der Waals surface area contributed by atoms with Gasteiger partial charge in [-0.2, -0.15) is 0 Å². The highest BCUT2D eigenvalue weighted by Gasteiger charge is 2.13. The summed E-state index contributed by atoms with van der Waals surface area (Å²) in [5.41, 5.74) is 3.36. The third-order valence-electron chi connectivity index (χ3n) is 4.45. The number of thioether (sulfide) groups is 2. The smallest absolute Gasteiger partial charge is 0.233 e. The van der Waals surface area contributed by atoms with E-state index in [0.29, 0.717) is 12.5 Å². The van der Waals surface area contributed by atoms with E-state index >= 15 is 0 Å². The number of aromatic nitrogens is 2. The number of hydrogen-bond acceptors (Lipinski definition) is 6. The summed E-state index contributed by atoms with van der Waals surface area (Å²) < 4.78 is 15.0. The van der Waals surface area contributed by atoms with E-state index in [1.54, 1.807) is 29.8 Å². The van der Waals surface area contributed by atoms with Gasteiger partial charge in [0.25, 0.3) is 0 Å². The van der Waals surface area contributed by atoms with Crippen molar-refractivity contribution in [2.24, 2.45) is 0 Å². The van der Waals surface area contributed by atoms with Crippen LogP contribution in [0.4, 0.5) is 4.39 Å². The van der Waals surface area contributed by atoms with Crippen LogP contribution in [0.1, 0.15) is 36.5 Å². The zero-order valence-electron chi connectivity index (χ0n) is 17.2. The van der Waals surface area contributed by atoms with Crippen molar-refractivity contribution in [1.29, 1.82) is 0 Å². The van der Waals surface area contributed by atoms with E-state index in [1.165, 1.54) is 46.4 Å². The lowest BCUT2D eigenvalue weighted by atomic mass is 10.0. The molecule has 0 aliphatic heterocycles. The summed E-state index contributed by atoms with van der Waals surface area (Å²) in [5.74, 6) is 1.33. The summed E-state index contributed by atoms with van der Waals surface area (Å²) in [4.78, 5) is 14.0. The molecule has 0 N–H and O–H groups in total. The van der Waals surface area contributed by atoms with Gasteiger partial charge in [0.2, 0.25) is 5.91 Å². The number of rotatable bonds is 9. The molecule has 1 heterocycles. The Morgan fingerprint density at radius 1 is 1.07 bits per heavy atom. The molecule has 1 aromatic heterocycles. The van der Waals surface area contributed by atoms with E-state index < -0.39 is 0 Å². The molecule has 0 aliphatic rings. The molecular formula is C22H24FN3OS3. The van der Waals surface area contributed by atoms with E-state index in [-0.39, 0.29) is 17.5 Å². The van der Waals surface area contributed by atoms with E-state index in [1.807, 2.05) is 6.07 Å². The Morgan fingerprint density at radius 3 is 2.43 bits per heavy atom. The quantitative estimate of drug-likeness (QED) is 0.374. The molecule has 0 spiro atoms. The standard InChI is InChI=1S/C22H24FN3OS3/c1-15(2)18-9-7-16(8-10-18)13-28-21-24-25-22(30-21)29-14-20(27)26(3)12-17-5-4-6-19(23)11-17/h4-11,15H,12-14H2,1-3H3. The maximum Gasteiger partial charge on any atom is 0.233 e. The van der Waals surface area contributed by atoms with Crippen LogP contribution in [0.2, 0.25) is 0 Å². The molecule has 4 nitrogen and oxygen atoms in total. The molecular weight excluding hydrogens is 437 g/mol. The third kappa shape index (κ3) is 6.82. The molecule has 0 atom stereocenters. The van der Waals surface area contributed by atoms with Crippen LogP contribution in [0, 0.1) is 5.82 Å². The number of halogens is 1. The van der Waals surface area contributed by atoms with Gasteiger partial charge in [-0.3, -0.25) is 4.79 Å². The maximum atomic E-state index is 13.3. The fourth-order valence-corrected chi connectivity index (χ4v) is 5.61. The van der Waals surface area contributed by atoms with E-state index in [9.17, 15) is 9.18 Å². The van der Waals surface area contributed by atoms with Gasteiger partial charge in [0.15, 0.2) is 8.68 Å². The van der Waals surface area contributed by atoms with Gasteiger partial charge in [0.1, 0.15) is 5.82 Å². The van der Waals surface area contributed by atoms with Crippen molar-refractivity contribution in [3.8, 4) is 0 Å². The average Bonchev–Trinajstić information content (AvgIpc) is 3.18. The Bertz CT molecular complexity index is 976. The van der Waals surface area contributed by atoms with Crippen molar-refractivity contribution in [1.82, 2.24) is 15.1 Å². The normalized spacial score (nSPS) is 11.1. The molecule has 1 amide bonds. The first kappa shape index (κ1) is 22.8. The Kier molecular flexibility index (Phi) is 8.30. The minimum atomic E-state index is -0.294. The lowest BCUT2D eigenvalue weighted by Gasteiger charge is -2.16. The second-order valence-electron chi connectivity index (χ2n) is 7.19. The highest BCUT2D eigenvalue weighted by atomic mass is 32.2. The maximum absolute atomic E-state index is 13.3. The van der Waals surface area contributed by atoms with Gasteiger partial charge in [-0.25, -0.2) is 4.39 Å². The number of amides is 1. The van der Waals surface area contributed by atoms with Crippen LogP contribution in [0.5, 0.6) is 0 Å². The molecule has 2 aromatic carbocycles. The number of hydrogen-bond donors (Lipinski definition) is 0. The van der Waals surface area contributed by atoms with Gasteiger partial charge in [-0.05, 0) is 34.7 Å². The number of carbonyl (C=O) groups excluding carboxylic acids is 1. The van der Waals surface area contributed by atoms with Crippen LogP contribution < -0.4 is 0 Å². The van der Waals surface area contributed by atoms with Crippen LogP contribution in [-0.2, 0) is 17.1 Å². The lowest BCUT2D eigenvalue weighted by Crippen LogP contribution is -2.27. The van der Waals surface area contributed by atoms with Gasteiger partial charge in [-0.15, -0.1) is 10.2 Å². The largest absolute Gasteiger partial charge is 0.341 e. The van der Waals surface area contributed by atoms with Gasteiger partial charge in [-0.1, -0.05) is 85.1 Å². The first-order valence-electron chi connectivity index (χ1n) is 9.57. The van der Waals surface area contributed by atoms with Crippen LogP contribution >= 0.6 is 34.9 Å². The summed E-state index contributed by atoms with van der Waals surface area (Å²) in [6, 6.07) is 15.0. The fraction of sp³-hybridized carbons (Fsp3) is 0.318. The molecule has 158 valence electrons. The van der Waals surface area contributed by atoms with Crippen molar-refractivity contribution in [3.05, 3.63) is 71.0 Å². The zero-order valence-corrected chi connectivity index (χ0v) is 19.6. The van der Waals surface area contributed by atoms with Gasteiger partial charge in [0, 0.05) is 19.3 Å².